The number of nitro benzene ring substituents is 1. The van der Waals surface area contributed by atoms with Gasteiger partial charge >= 0.3 is 0 Å². The highest BCUT2D eigenvalue weighted by Crippen LogP contribution is 2.26. The van der Waals surface area contributed by atoms with Crippen molar-refractivity contribution in [1.82, 2.24) is 10.6 Å². The Labute approximate surface area is 160 Å². The molecule has 1 saturated heterocycles. The second kappa shape index (κ2) is 9.00. The number of nitro groups is 1. The summed E-state index contributed by atoms with van der Waals surface area (Å²) >= 11 is 0. The second-order valence-electron chi connectivity index (χ2n) is 6.05. The molecule has 1 aromatic heterocycles. The third-order valence-corrected chi connectivity index (χ3v) is 4.23. The Balaban J connectivity index is 1.64. The van der Waals surface area contributed by atoms with Gasteiger partial charge in [0, 0.05) is 38.3 Å². The maximum atomic E-state index is 12.6. The van der Waals surface area contributed by atoms with Crippen LogP contribution in [0.2, 0.25) is 0 Å². The number of morpholine rings is 1. The SMILES string of the molecule is O=C(NCCNC(=O)c1cc([N+](=O)[O-])ccc1N1CCOCC1)c1ccco1. The van der Waals surface area contributed by atoms with E-state index in [-0.39, 0.29) is 36.0 Å². The Bertz CT molecular complexity index is 846. The van der Waals surface area contributed by atoms with E-state index in [2.05, 4.69) is 10.6 Å². The van der Waals surface area contributed by atoms with E-state index in [0.717, 1.165) is 0 Å². The monoisotopic (exact) mass is 388 g/mol. The first kappa shape index (κ1) is 19.4. The van der Waals surface area contributed by atoms with Crippen molar-refractivity contribution in [3.8, 4) is 0 Å². The molecule has 1 fully saturated rings. The van der Waals surface area contributed by atoms with Gasteiger partial charge in [0.15, 0.2) is 5.76 Å². The normalized spacial score (nSPS) is 13.8. The van der Waals surface area contributed by atoms with Crippen molar-refractivity contribution in [1.29, 1.82) is 0 Å². The van der Waals surface area contributed by atoms with Crippen LogP contribution in [0.3, 0.4) is 0 Å². The topological polar surface area (TPSA) is 127 Å². The predicted molar refractivity (Wildman–Crippen MR) is 99.5 cm³/mol. The van der Waals surface area contributed by atoms with Gasteiger partial charge in [-0.3, -0.25) is 19.7 Å². The number of rotatable bonds is 7. The number of amides is 2. The quantitative estimate of drug-likeness (QED) is 0.414. The Morgan fingerprint density at radius 1 is 1.11 bits per heavy atom. The average Bonchev–Trinajstić information content (AvgIpc) is 3.26. The lowest BCUT2D eigenvalue weighted by Gasteiger charge is -2.30. The van der Waals surface area contributed by atoms with Crippen molar-refractivity contribution in [2.75, 3.05) is 44.3 Å². The van der Waals surface area contributed by atoms with E-state index < -0.39 is 10.8 Å². The summed E-state index contributed by atoms with van der Waals surface area (Å²) in [5.41, 5.74) is 0.674. The molecule has 148 valence electrons. The van der Waals surface area contributed by atoms with Crippen LogP contribution in [0.4, 0.5) is 11.4 Å². The number of benzene rings is 1. The molecule has 0 bridgehead atoms. The number of furan rings is 1. The molecule has 0 radical (unpaired) electrons. The van der Waals surface area contributed by atoms with Crippen molar-refractivity contribution < 1.29 is 23.7 Å². The van der Waals surface area contributed by atoms with Crippen LogP contribution in [0.5, 0.6) is 0 Å². The molecule has 2 aromatic rings. The number of hydrogen-bond acceptors (Lipinski definition) is 7. The molecule has 2 N–H and O–H groups in total. The van der Waals surface area contributed by atoms with E-state index in [1.807, 2.05) is 4.90 Å². The number of anilines is 1. The van der Waals surface area contributed by atoms with Crippen molar-refractivity contribution in [2.45, 2.75) is 0 Å². The van der Waals surface area contributed by atoms with Gasteiger partial charge in [-0.25, -0.2) is 0 Å². The van der Waals surface area contributed by atoms with Crippen LogP contribution in [0.25, 0.3) is 0 Å². The van der Waals surface area contributed by atoms with E-state index in [4.69, 9.17) is 9.15 Å². The lowest BCUT2D eigenvalue weighted by atomic mass is 10.1. The molecule has 0 saturated carbocycles. The van der Waals surface area contributed by atoms with Crippen LogP contribution in [0.1, 0.15) is 20.9 Å². The molecule has 10 nitrogen and oxygen atoms in total. The van der Waals surface area contributed by atoms with Crippen LogP contribution in [-0.2, 0) is 4.74 Å². The van der Waals surface area contributed by atoms with Crippen LogP contribution < -0.4 is 15.5 Å². The van der Waals surface area contributed by atoms with Crippen molar-refractivity contribution >= 4 is 23.2 Å². The number of carbonyl (C=O) groups is 2. The zero-order valence-electron chi connectivity index (χ0n) is 15.1. The Hall–Kier alpha value is -3.40. The molecular formula is C18H20N4O6. The second-order valence-corrected chi connectivity index (χ2v) is 6.05. The molecule has 1 aromatic carbocycles. The molecule has 0 unspecified atom stereocenters. The third-order valence-electron chi connectivity index (χ3n) is 4.23. The van der Waals surface area contributed by atoms with Crippen LogP contribution in [-0.4, -0.2) is 56.1 Å². The van der Waals surface area contributed by atoms with Crippen molar-refractivity contribution in [3.05, 3.63) is 58.0 Å². The zero-order valence-corrected chi connectivity index (χ0v) is 15.1. The van der Waals surface area contributed by atoms with Gasteiger partial charge in [0.1, 0.15) is 0 Å². The van der Waals surface area contributed by atoms with Gasteiger partial charge in [-0.15, -0.1) is 0 Å². The molecule has 2 heterocycles. The zero-order chi connectivity index (χ0) is 19.9. The number of non-ortho nitro benzene ring substituents is 1. The highest BCUT2D eigenvalue weighted by molar-refractivity contribution is 6.00. The molecule has 1 aliphatic rings. The van der Waals surface area contributed by atoms with E-state index in [1.165, 1.54) is 24.5 Å². The standard InChI is InChI=1S/C18H20N4O6/c23-17(19-5-6-20-18(24)16-2-1-9-28-16)14-12-13(22(25)26)3-4-15(14)21-7-10-27-11-8-21/h1-4,9,12H,5-8,10-11H2,(H,19,23)(H,20,24). The first-order valence-corrected chi connectivity index (χ1v) is 8.77. The van der Waals surface area contributed by atoms with Crippen LogP contribution >= 0.6 is 0 Å². The third kappa shape index (κ3) is 4.65. The fourth-order valence-electron chi connectivity index (χ4n) is 2.84. The van der Waals surface area contributed by atoms with Crippen molar-refractivity contribution in [2.24, 2.45) is 0 Å². The first-order valence-electron chi connectivity index (χ1n) is 8.77. The summed E-state index contributed by atoms with van der Waals surface area (Å²) in [5, 5.41) is 16.4. The van der Waals surface area contributed by atoms with Gasteiger partial charge in [-0.05, 0) is 18.2 Å². The molecule has 3 rings (SSSR count). The lowest BCUT2D eigenvalue weighted by molar-refractivity contribution is -0.384. The van der Waals surface area contributed by atoms with Crippen LogP contribution in [0.15, 0.2) is 41.0 Å². The summed E-state index contributed by atoms with van der Waals surface area (Å²) in [7, 11) is 0. The number of hydrogen-bond donors (Lipinski definition) is 2. The fraction of sp³-hybridized carbons (Fsp3) is 0.333. The van der Waals surface area contributed by atoms with E-state index in [1.54, 1.807) is 12.1 Å². The van der Waals surface area contributed by atoms with Crippen molar-refractivity contribution in [3.63, 3.8) is 0 Å². The minimum absolute atomic E-state index is 0.159. The maximum absolute atomic E-state index is 12.6. The number of ether oxygens (including phenoxy) is 1. The van der Waals surface area contributed by atoms with E-state index >= 15 is 0 Å². The number of nitrogens with one attached hydrogen (secondary N) is 2. The summed E-state index contributed by atoms with van der Waals surface area (Å²) in [6.07, 6.45) is 1.40. The smallest absolute Gasteiger partial charge is 0.287 e. The summed E-state index contributed by atoms with van der Waals surface area (Å²) < 4.78 is 10.3. The highest BCUT2D eigenvalue weighted by Gasteiger charge is 2.22. The summed E-state index contributed by atoms with van der Waals surface area (Å²) in [4.78, 5) is 36.9. The van der Waals surface area contributed by atoms with E-state index in [0.29, 0.717) is 32.0 Å². The molecule has 2 amide bonds. The molecule has 1 aliphatic heterocycles. The molecular weight excluding hydrogens is 368 g/mol. The van der Waals surface area contributed by atoms with E-state index in [9.17, 15) is 19.7 Å². The molecule has 28 heavy (non-hydrogen) atoms. The average molecular weight is 388 g/mol. The van der Waals surface area contributed by atoms with Gasteiger partial charge in [0.2, 0.25) is 0 Å². The Morgan fingerprint density at radius 3 is 2.46 bits per heavy atom. The minimum Gasteiger partial charge on any atom is -0.459 e. The highest BCUT2D eigenvalue weighted by atomic mass is 16.6. The predicted octanol–water partition coefficient (Wildman–Crippen LogP) is 1.18. The summed E-state index contributed by atoms with van der Waals surface area (Å²) in [5.74, 6) is -0.652. The summed E-state index contributed by atoms with van der Waals surface area (Å²) in [6.45, 7) is 2.59. The van der Waals surface area contributed by atoms with Gasteiger partial charge < -0.3 is 24.7 Å². The lowest BCUT2D eigenvalue weighted by Crippen LogP contribution is -2.39. The molecule has 0 atom stereocenters. The Morgan fingerprint density at radius 2 is 1.82 bits per heavy atom. The van der Waals surface area contributed by atoms with Gasteiger partial charge in [0.05, 0.1) is 35.7 Å². The molecule has 10 heteroatoms. The van der Waals surface area contributed by atoms with Crippen LogP contribution in [0, 0.1) is 10.1 Å². The van der Waals surface area contributed by atoms with Gasteiger partial charge in [-0.1, -0.05) is 0 Å². The fourth-order valence-corrected chi connectivity index (χ4v) is 2.84. The first-order chi connectivity index (χ1) is 13.6. The number of carbonyl (C=O) groups excluding carboxylic acids is 2. The van der Waals surface area contributed by atoms with Gasteiger partial charge in [-0.2, -0.15) is 0 Å². The Kier molecular flexibility index (Phi) is 6.22. The summed E-state index contributed by atoms with van der Waals surface area (Å²) in [6, 6.07) is 7.36. The molecule has 0 aliphatic carbocycles. The van der Waals surface area contributed by atoms with Gasteiger partial charge in [0.25, 0.3) is 17.5 Å². The largest absolute Gasteiger partial charge is 0.459 e. The number of nitrogens with zero attached hydrogens (tertiary/aromatic N) is 2. The minimum atomic E-state index is -0.538. The maximum Gasteiger partial charge on any atom is 0.287 e. The molecule has 0 spiro atoms.